The van der Waals surface area contributed by atoms with Crippen LogP contribution in [-0.4, -0.2) is 84.4 Å². The third-order valence-electron chi connectivity index (χ3n) is 8.17. The lowest BCUT2D eigenvalue weighted by Crippen LogP contribution is -2.48. The highest BCUT2D eigenvalue weighted by Crippen LogP contribution is 2.38. The smallest absolute Gasteiger partial charge is 0.263 e. The lowest BCUT2D eigenvalue weighted by molar-refractivity contribution is -0.127. The molecule has 0 aliphatic carbocycles. The van der Waals surface area contributed by atoms with Gasteiger partial charge in [-0.2, -0.15) is 0 Å². The van der Waals surface area contributed by atoms with Gasteiger partial charge in [-0.1, -0.05) is 6.07 Å². The van der Waals surface area contributed by atoms with Gasteiger partial charge >= 0.3 is 0 Å². The number of likely N-dealkylation sites (tertiary alicyclic amines) is 1. The number of imide groups is 1. The summed E-state index contributed by atoms with van der Waals surface area (Å²) < 4.78 is 5.81. The van der Waals surface area contributed by atoms with Crippen molar-refractivity contribution in [3.63, 3.8) is 0 Å². The Bertz CT molecular complexity index is 1090. The Morgan fingerprint density at radius 2 is 1.95 bits per heavy atom. The van der Waals surface area contributed by atoms with Gasteiger partial charge < -0.3 is 19.9 Å². The molecule has 37 heavy (non-hydrogen) atoms. The first-order valence-electron chi connectivity index (χ1n) is 13.7. The average Bonchev–Trinajstić information content (AvgIpc) is 3.40. The normalized spacial score (nSPS) is 25.6. The maximum absolute atomic E-state index is 13.6. The van der Waals surface area contributed by atoms with E-state index < -0.39 is 0 Å². The van der Waals surface area contributed by atoms with Crippen LogP contribution in [0.3, 0.4) is 0 Å². The van der Waals surface area contributed by atoms with Crippen molar-refractivity contribution in [3.8, 4) is 0 Å². The number of anilines is 1. The van der Waals surface area contributed by atoms with Crippen molar-refractivity contribution >= 4 is 29.3 Å². The zero-order valence-corrected chi connectivity index (χ0v) is 22.0. The van der Waals surface area contributed by atoms with Crippen LogP contribution in [0.2, 0.25) is 0 Å². The molecule has 0 spiro atoms. The number of nitrogens with zero attached hydrogens (tertiary/aromatic N) is 3. The minimum absolute atomic E-state index is 0.0125. The molecule has 4 heterocycles. The number of piperidine rings is 1. The van der Waals surface area contributed by atoms with Gasteiger partial charge in [-0.3, -0.25) is 24.1 Å². The third kappa shape index (κ3) is 5.23. The lowest BCUT2D eigenvalue weighted by atomic mass is 9.93. The van der Waals surface area contributed by atoms with Crippen LogP contribution in [0.15, 0.2) is 18.2 Å². The van der Waals surface area contributed by atoms with Crippen LogP contribution in [0.5, 0.6) is 0 Å². The second-order valence-electron chi connectivity index (χ2n) is 11.3. The van der Waals surface area contributed by atoms with Gasteiger partial charge in [0.2, 0.25) is 11.8 Å². The molecule has 0 radical (unpaired) electrons. The minimum Gasteiger partial charge on any atom is -0.375 e. The van der Waals surface area contributed by atoms with Gasteiger partial charge in [-0.25, -0.2) is 0 Å². The number of benzene rings is 1. The van der Waals surface area contributed by atoms with Crippen LogP contribution in [0.25, 0.3) is 0 Å². The fourth-order valence-corrected chi connectivity index (χ4v) is 6.28. The van der Waals surface area contributed by atoms with E-state index in [0.717, 1.165) is 44.5 Å². The molecule has 9 nitrogen and oxygen atoms in total. The van der Waals surface area contributed by atoms with Gasteiger partial charge in [-0.05, 0) is 64.5 Å². The van der Waals surface area contributed by atoms with Crippen LogP contribution in [-0.2, 0) is 14.3 Å². The van der Waals surface area contributed by atoms with E-state index in [4.69, 9.17) is 4.74 Å². The van der Waals surface area contributed by atoms with Crippen LogP contribution < -0.4 is 10.2 Å². The molecular formula is C28H38N4O5. The number of rotatable bonds is 7. The summed E-state index contributed by atoms with van der Waals surface area (Å²) in [5.74, 6) is -0.429. The standard InChI is InChI=1S/C28H38N4O5/c1-28(2)17-20(11-16-37-28)32-26(35)21-8-3-9-22(24(21)27(32)36)31-14-4-7-19(18-31)25(34)29-12-6-15-30-13-5-10-23(30)33/h3,8-9,19-20H,4-7,10-18H2,1-2H3,(H,29,34)/t19-,20+/m0/s1. The summed E-state index contributed by atoms with van der Waals surface area (Å²) in [6.45, 7) is 7.81. The summed E-state index contributed by atoms with van der Waals surface area (Å²) in [6.07, 6.45) is 5.18. The first kappa shape index (κ1) is 25.7. The number of ether oxygens (including phenoxy) is 1. The summed E-state index contributed by atoms with van der Waals surface area (Å²) in [7, 11) is 0. The highest BCUT2D eigenvalue weighted by atomic mass is 16.5. The Morgan fingerprint density at radius 1 is 1.11 bits per heavy atom. The maximum Gasteiger partial charge on any atom is 0.263 e. The van der Waals surface area contributed by atoms with Crippen molar-refractivity contribution in [1.82, 2.24) is 15.1 Å². The highest BCUT2D eigenvalue weighted by Gasteiger charge is 2.45. The Morgan fingerprint density at radius 3 is 2.70 bits per heavy atom. The molecule has 3 fully saturated rings. The van der Waals surface area contributed by atoms with Crippen molar-refractivity contribution in [2.75, 3.05) is 44.2 Å². The van der Waals surface area contributed by atoms with Crippen molar-refractivity contribution in [1.29, 1.82) is 0 Å². The van der Waals surface area contributed by atoms with Gasteiger partial charge in [0.25, 0.3) is 11.8 Å². The monoisotopic (exact) mass is 510 g/mol. The van der Waals surface area contributed by atoms with Gasteiger partial charge in [0.15, 0.2) is 0 Å². The Kier molecular flexibility index (Phi) is 7.25. The van der Waals surface area contributed by atoms with Crippen LogP contribution >= 0.6 is 0 Å². The first-order valence-corrected chi connectivity index (χ1v) is 13.7. The highest BCUT2D eigenvalue weighted by molar-refractivity contribution is 6.24. The Balaban J connectivity index is 1.23. The molecule has 9 heteroatoms. The van der Waals surface area contributed by atoms with Gasteiger partial charge in [-0.15, -0.1) is 0 Å². The van der Waals surface area contributed by atoms with Gasteiger partial charge in [0.05, 0.1) is 28.3 Å². The SMILES string of the molecule is CC1(C)C[C@H](N2C(=O)c3cccc(N4CCC[C@H](C(=O)NCCCN5CCCC5=O)C4)c3C2=O)CCO1. The molecule has 0 aromatic heterocycles. The molecule has 4 aliphatic rings. The van der Waals surface area contributed by atoms with E-state index in [1.165, 1.54) is 4.90 Å². The molecule has 2 atom stereocenters. The molecule has 200 valence electrons. The number of amides is 4. The molecule has 4 aliphatic heterocycles. The Labute approximate surface area is 218 Å². The quantitative estimate of drug-likeness (QED) is 0.447. The molecule has 1 aromatic carbocycles. The molecule has 5 rings (SSSR count). The first-order chi connectivity index (χ1) is 17.7. The predicted molar refractivity (Wildman–Crippen MR) is 138 cm³/mol. The predicted octanol–water partition coefficient (Wildman–Crippen LogP) is 2.59. The molecule has 1 N–H and O–H groups in total. The van der Waals surface area contributed by atoms with E-state index in [9.17, 15) is 19.2 Å². The largest absolute Gasteiger partial charge is 0.375 e. The van der Waals surface area contributed by atoms with E-state index in [1.54, 1.807) is 6.07 Å². The average molecular weight is 511 g/mol. The van der Waals surface area contributed by atoms with Crippen molar-refractivity contribution in [2.45, 2.75) is 70.4 Å². The summed E-state index contributed by atoms with van der Waals surface area (Å²) in [5, 5.41) is 3.04. The molecule has 4 amide bonds. The number of nitrogens with one attached hydrogen (secondary N) is 1. The molecule has 3 saturated heterocycles. The van der Waals surface area contributed by atoms with E-state index in [0.29, 0.717) is 56.6 Å². The second kappa shape index (κ2) is 10.4. The summed E-state index contributed by atoms with van der Waals surface area (Å²) >= 11 is 0. The Hall–Kier alpha value is -2.94. The van der Waals surface area contributed by atoms with E-state index >= 15 is 0 Å². The molecule has 1 aromatic rings. The van der Waals surface area contributed by atoms with Gasteiger partial charge in [0, 0.05) is 51.8 Å². The number of carbonyl (C=O) groups is 4. The van der Waals surface area contributed by atoms with E-state index in [1.807, 2.05) is 30.9 Å². The van der Waals surface area contributed by atoms with Crippen molar-refractivity contribution in [2.24, 2.45) is 5.92 Å². The van der Waals surface area contributed by atoms with Gasteiger partial charge in [0.1, 0.15) is 0 Å². The summed E-state index contributed by atoms with van der Waals surface area (Å²) in [6, 6.07) is 5.29. The maximum atomic E-state index is 13.6. The molecule has 0 bridgehead atoms. The summed E-state index contributed by atoms with van der Waals surface area (Å²) in [4.78, 5) is 57.1. The second-order valence-corrected chi connectivity index (χ2v) is 11.3. The molecule has 0 unspecified atom stereocenters. The van der Waals surface area contributed by atoms with E-state index in [2.05, 4.69) is 10.2 Å². The van der Waals surface area contributed by atoms with Crippen molar-refractivity contribution < 1.29 is 23.9 Å². The topological polar surface area (TPSA) is 99.3 Å². The fraction of sp³-hybridized carbons (Fsp3) is 0.643. The minimum atomic E-state index is -0.376. The number of fused-ring (bicyclic) bond motifs is 1. The van der Waals surface area contributed by atoms with Crippen LogP contribution in [0, 0.1) is 5.92 Å². The lowest BCUT2D eigenvalue weighted by Gasteiger charge is -2.39. The summed E-state index contributed by atoms with van der Waals surface area (Å²) in [5.41, 5.74) is 1.29. The number of hydrogen-bond acceptors (Lipinski definition) is 6. The van der Waals surface area contributed by atoms with Crippen LogP contribution in [0.1, 0.15) is 79.5 Å². The zero-order valence-electron chi connectivity index (χ0n) is 22.0. The van der Waals surface area contributed by atoms with Crippen LogP contribution in [0.4, 0.5) is 5.69 Å². The number of carbonyl (C=O) groups excluding carboxylic acids is 4. The molecule has 0 saturated carbocycles. The fourth-order valence-electron chi connectivity index (χ4n) is 6.28. The molecular weight excluding hydrogens is 472 g/mol. The third-order valence-corrected chi connectivity index (χ3v) is 8.17. The van der Waals surface area contributed by atoms with Crippen molar-refractivity contribution in [3.05, 3.63) is 29.3 Å². The zero-order chi connectivity index (χ0) is 26.2. The van der Waals surface area contributed by atoms with E-state index in [-0.39, 0.29) is 41.2 Å². The number of hydrogen-bond donors (Lipinski definition) is 1.